The molecule has 6 nitrogen and oxygen atoms in total. The number of pyridine rings is 1. The van der Waals surface area contributed by atoms with Crippen LogP contribution in [0.5, 0.6) is 5.75 Å². The third kappa shape index (κ3) is 3.98. The molecule has 1 aliphatic heterocycles. The van der Waals surface area contributed by atoms with Gasteiger partial charge >= 0.3 is 0 Å². The van der Waals surface area contributed by atoms with E-state index in [0.29, 0.717) is 36.6 Å². The number of ether oxygens (including phenoxy) is 1. The Bertz CT molecular complexity index is 1340. The van der Waals surface area contributed by atoms with E-state index in [4.69, 9.17) is 4.74 Å². The number of halogens is 2. The number of carbonyl (C=O) groups is 1. The molecule has 0 saturated heterocycles. The Morgan fingerprint density at radius 3 is 2.53 bits per heavy atom. The number of nitrogens with zero attached hydrogens (tertiary/aromatic N) is 3. The summed E-state index contributed by atoms with van der Waals surface area (Å²) in [7, 11) is 1.60. The van der Waals surface area contributed by atoms with Gasteiger partial charge in [0.25, 0.3) is 5.91 Å². The van der Waals surface area contributed by atoms with Gasteiger partial charge < -0.3 is 19.5 Å². The first-order chi connectivity index (χ1) is 16.5. The van der Waals surface area contributed by atoms with E-state index < -0.39 is 11.6 Å². The molecule has 0 spiro atoms. The van der Waals surface area contributed by atoms with Crippen molar-refractivity contribution in [3.05, 3.63) is 96.1 Å². The summed E-state index contributed by atoms with van der Waals surface area (Å²) in [6.45, 7) is 1.52. The van der Waals surface area contributed by atoms with Crippen LogP contribution in [0.2, 0.25) is 0 Å². The minimum atomic E-state index is -0.999. The van der Waals surface area contributed by atoms with Crippen molar-refractivity contribution < 1.29 is 18.3 Å². The molecule has 5 rings (SSSR count). The topological polar surface area (TPSA) is 59.4 Å². The van der Waals surface area contributed by atoms with Crippen LogP contribution in [0.3, 0.4) is 0 Å². The zero-order chi connectivity index (χ0) is 23.7. The number of aromatic nitrogens is 2. The number of hydrogen-bond acceptors (Lipinski definition) is 4. The van der Waals surface area contributed by atoms with E-state index in [1.165, 1.54) is 12.1 Å². The Kier molecular flexibility index (Phi) is 5.71. The van der Waals surface area contributed by atoms with Crippen molar-refractivity contribution in [3.63, 3.8) is 0 Å². The van der Waals surface area contributed by atoms with Crippen molar-refractivity contribution in [1.29, 1.82) is 0 Å². The molecule has 1 aliphatic rings. The Morgan fingerprint density at radius 2 is 1.79 bits per heavy atom. The molecule has 0 fully saturated rings. The minimum absolute atomic E-state index is 0.0376. The molecule has 34 heavy (non-hydrogen) atoms. The molecule has 0 atom stereocenters. The smallest absolute Gasteiger partial charge is 0.273 e. The van der Waals surface area contributed by atoms with Crippen molar-refractivity contribution in [2.45, 2.75) is 13.1 Å². The summed E-state index contributed by atoms with van der Waals surface area (Å²) in [6, 6.07) is 15.1. The highest BCUT2D eigenvalue weighted by Gasteiger charge is 2.31. The molecule has 1 N–H and O–H groups in total. The maximum atomic E-state index is 14.5. The van der Waals surface area contributed by atoms with Crippen LogP contribution in [0.1, 0.15) is 16.1 Å². The normalized spacial score (nSPS) is 13.0. The highest BCUT2D eigenvalue weighted by Crippen LogP contribution is 2.38. The van der Waals surface area contributed by atoms with Gasteiger partial charge in [-0.3, -0.25) is 9.78 Å². The first kappa shape index (κ1) is 21.6. The SMILES string of the molecule is COc1ccc(CN2CCn3cc(-c4ccncc4)c(Nc4cccc(F)c4F)c3C2=O)cc1. The third-order valence-corrected chi connectivity index (χ3v) is 5.91. The van der Waals surface area contributed by atoms with Gasteiger partial charge in [0.1, 0.15) is 11.4 Å². The second-order valence-electron chi connectivity index (χ2n) is 8.00. The molecule has 3 heterocycles. The van der Waals surface area contributed by atoms with Crippen molar-refractivity contribution >= 4 is 17.3 Å². The molecule has 0 bridgehead atoms. The maximum Gasteiger partial charge on any atom is 0.273 e. The van der Waals surface area contributed by atoms with Crippen LogP contribution < -0.4 is 10.1 Å². The third-order valence-electron chi connectivity index (χ3n) is 5.91. The first-order valence-corrected chi connectivity index (χ1v) is 10.8. The predicted octanol–water partition coefficient (Wildman–Crippen LogP) is 5.24. The fourth-order valence-electron chi connectivity index (χ4n) is 4.16. The lowest BCUT2D eigenvalue weighted by atomic mass is 10.1. The Hall–Kier alpha value is -4.20. The minimum Gasteiger partial charge on any atom is -0.497 e. The number of hydrogen-bond donors (Lipinski definition) is 1. The van der Waals surface area contributed by atoms with Gasteiger partial charge in [0.15, 0.2) is 11.6 Å². The average molecular weight is 460 g/mol. The van der Waals surface area contributed by atoms with E-state index >= 15 is 0 Å². The van der Waals surface area contributed by atoms with Crippen molar-refractivity contribution in [1.82, 2.24) is 14.5 Å². The second kappa shape index (κ2) is 8.97. The number of benzene rings is 2. The van der Waals surface area contributed by atoms with Crippen molar-refractivity contribution in [2.75, 3.05) is 19.0 Å². The highest BCUT2D eigenvalue weighted by molar-refractivity contribution is 6.04. The van der Waals surface area contributed by atoms with Crippen LogP contribution in [0.15, 0.2) is 73.2 Å². The number of rotatable bonds is 6. The molecule has 4 aromatic rings. The fourth-order valence-corrected chi connectivity index (χ4v) is 4.16. The van der Waals surface area contributed by atoms with Crippen LogP contribution in [0.4, 0.5) is 20.2 Å². The number of fused-ring (bicyclic) bond motifs is 1. The van der Waals surface area contributed by atoms with Crippen LogP contribution in [-0.4, -0.2) is 34.0 Å². The lowest BCUT2D eigenvalue weighted by molar-refractivity contribution is 0.0692. The van der Waals surface area contributed by atoms with E-state index in [9.17, 15) is 13.6 Å². The van der Waals surface area contributed by atoms with Gasteiger partial charge in [0, 0.05) is 43.8 Å². The Morgan fingerprint density at radius 1 is 1.03 bits per heavy atom. The van der Waals surface area contributed by atoms with Gasteiger partial charge in [0.05, 0.1) is 18.5 Å². The average Bonchev–Trinajstić information content (AvgIpc) is 3.24. The van der Waals surface area contributed by atoms with Crippen LogP contribution in [0, 0.1) is 11.6 Å². The van der Waals surface area contributed by atoms with Crippen LogP contribution in [0.25, 0.3) is 11.1 Å². The van der Waals surface area contributed by atoms with Gasteiger partial charge in [0.2, 0.25) is 0 Å². The van der Waals surface area contributed by atoms with Gasteiger partial charge in [-0.15, -0.1) is 0 Å². The molecule has 2 aromatic carbocycles. The molecule has 172 valence electrons. The summed E-state index contributed by atoms with van der Waals surface area (Å²) in [5.74, 6) is -1.41. The molecular weight excluding hydrogens is 438 g/mol. The summed E-state index contributed by atoms with van der Waals surface area (Å²) in [6.07, 6.45) is 5.17. The van der Waals surface area contributed by atoms with Gasteiger partial charge in [-0.25, -0.2) is 8.78 Å². The molecule has 2 aromatic heterocycles. The lowest BCUT2D eigenvalue weighted by Crippen LogP contribution is -2.39. The molecule has 0 saturated carbocycles. The lowest BCUT2D eigenvalue weighted by Gasteiger charge is -2.29. The number of anilines is 2. The quantitative estimate of drug-likeness (QED) is 0.428. The van der Waals surface area contributed by atoms with Gasteiger partial charge in [-0.1, -0.05) is 18.2 Å². The zero-order valence-electron chi connectivity index (χ0n) is 18.5. The number of methoxy groups -OCH3 is 1. The number of carbonyl (C=O) groups excluding carboxylic acids is 1. The summed E-state index contributed by atoms with van der Waals surface area (Å²) in [5, 5.41) is 3.00. The predicted molar refractivity (Wildman–Crippen MR) is 125 cm³/mol. The van der Waals surface area contributed by atoms with Gasteiger partial charge in [-0.05, 0) is 47.5 Å². The highest BCUT2D eigenvalue weighted by atomic mass is 19.2. The standard InChI is InChI=1S/C26H22F2N4O2/c1-34-19-7-5-17(6-8-19)15-32-14-13-31-16-20(18-9-11-29-12-10-18)24(25(31)26(32)33)30-22-4-2-3-21(27)23(22)28/h2-12,16,30H,13-15H2,1H3. The van der Waals surface area contributed by atoms with E-state index in [2.05, 4.69) is 10.3 Å². The van der Waals surface area contributed by atoms with Gasteiger partial charge in [-0.2, -0.15) is 0 Å². The fraction of sp³-hybridized carbons (Fsp3) is 0.154. The summed E-state index contributed by atoms with van der Waals surface area (Å²) >= 11 is 0. The number of amides is 1. The Labute approximate surface area is 195 Å². The molecular formula is C26H22F2N4O2. The van der Waals surface area contributed by atoms with Crippen molar-refractivity contribution in [2.24, 2.45) is 0 Å². The molecule has 0 unspecified atom stereocenters. The van der Waals surface area contributed by atoms with E-state index in [0.717, 1.165) is 22.9 Å². The largest absolute Gasteiger partial charge is 0.497 e. The monoisotopic (exact) mass is 460 g/mol. The molecule has 0 aliphatic carbocycles. The van der Waals surface area contributed by atoms with E-state index in [1.54, 1.807) is 24.4 Å². The maximum absolute atomic E-state index is 14.5. The summed E-state index contributed by atoms with van der Waals surface area (Å²) in [4.78, 5) is 19.4. The number of nitrogens with one attached hydrogen (secondary N) is 1. The summed E-state index contributed by atoms with van der Waals surface area (Å²) in [5.41, 5.74) is 3.28. The van der Waals surface area contributed by atoms with Crippen LogP contribution >= 0.6 is 0 Å². The Balaban J connectivity index is 1.54. The summed E-state index contributed by atoms with van der Waals surface area (Å²) < 4.78 is 35.5. The van der Waals surface area contributed by atoms with E-state index in [-0.39, 0.29) is 11.6 Å². The van der Waals surface area contributed by atoms with E-state index in [1.807, 2.05) is 47.2 Å². The van der Waals surface area contributed by atoms with Crippen molar-refractivity contribution in [3.8, 4) is 16.9 Å². The molecule has 1 amide bonds. The first-order valence-electron chi connectivity index (χ1n) is 10.8. The second-order valence-corrected chi connectivity index (χ2v) is 8.00. The van der Waals surface area contributed by atoms with Crippen LogP contribution in [-0.2, 0) is 13.1 Å². The molecule has 8 heteroatoms. The zero-order valence-corrected chi connectivity index (χ0v) is 18.5. The molecule has 0 radical (unpaired) electrons.